The summed E-state index contributed by atoms with van der Waals surface area (Å²) < 4.78 is 0. The van der Waals surface area contributed by atoms with E-state index < -0.39 is 0 Å². The maximum Gasteiger partial charge on any atom is 0.274 e. The zero-order valence-corrected chi connectivity index (χ0v) is 13.8. The van der Waals surface area contributed by atoms with Gasteiger partial charge in [0.2, 0.25) is 0 Å². The summed E-state index contributed by atoms with van der Waals surface area (Å²) in [5.74, 6) is 1.20. The van der Waals surface area contributed by atoms with Gasteiger partial charge in [0.1, 0.15) is 0 Å². The Bertz CT molecular complexity index is 664. The van der Waals surface area contributed by atoms with Crippen molar-refractivity contribution in [1.82, 2.24) is 0 Å². The second kappa shape index (κ2) is 8.05. The molecule has 0 heterocycles. The zero-order valence-electron chi connectivity index (χ0n) is 13.0. The first-order valence-corrected chi connectivity index (χ1v) is 8.91. The minimum Gasteiger partial charge on any atom is -0.323 e. The van der Waals surface area contributed by atoms with Gasteiger partial charge in [0.15, 0.2) is 0 Å². The second-order valence-electron chi connectivity index (χ2n) is 5.55. The minimum atomic E-state index is 0.0520. The Balaban J connectivity index is 1.77. The van der Waals surface area contributed by atoms with Gasteiger partial charge in [0, 0.05) is 11.8 Å². The van der Waals surface area contributed by atoms with Crippen molar-refractivity contribution in [1.29, 1.82) is 0 Å². The maximum atomic E-state index is 6.38. The average molecular weight is 317 g/mol. The lowest BCUT2D eigenvalue weighted by atomic mass is 9.62. The molecule has 2 N–H and O–H groups in total. The number of benzene rings is 3. The van der Waals surface area contributed by atoms with Crippen LogP contribution in [0.4, 0.5) is 0 Å². The lowest BCUT2D eigenvalue weighted by Gasteiger charge is -2.18. The van der Waals surface area contributed by atoms with Crippen molar-refractivity contribution in [3.8, 4) is 0 Å². The molecule has 0 aliphatic carbocycles. The maximum absolute atomic E-state index is 6.38. The standard InChI is InChI=1S/C20H20BNS/c22-20(17-10-4-1-5-11-17)16-23-21(18-12-6-2-7-13-18)19-14-8-3-9-15-19/h1-15,20H,16,22H2. The van der Waals surface area contributed by atoms with Crippen LogP contribution in [-0.4, -0.2) is 11.7 Å². The summed E-state index contributed by atoms with van der Waals surface area (Å²) in [6.07, 6.45) is 0. The van der Waals surface area contributed by atoms with Crippen LogP contribution in [0.5, 0.6) is 0 Å². The Kier molecular flexibility index (Phi) is 5.57. The molecule has 0 radical (unpaired) electrons. The summed E-state index contributed by atoms with van der Waals surface area (Å²) in [7, 11) is 0. The monoisotopic (exact) mass is 317 g/mol. The molecule has 3 rings (SSSR count). The van der Waals surface area contributed by atoms with Crippen LogP contribution in [0.15, 0.2) is 91.0 Å². The third-order valence-electron chi connectivity index (χ3n) is 3.87. The molecule has 1 atom stereocenters. The normalized spacial score (nSPS) is 11.9. The lowest BCUT2D eigenvalue weighted by Crippen LogP contribution is -2.40. The van der Waals surface area contributed by atoms with Crippen molar-refractivity contribution < 1.29 is 0 Å². The Labute approximate surface area is 142 Å². The molecule has 3 aromatic rings. The molecule has 0 fully saturated rings. The first-order valence-electron chi connectivity index (χ1n) is 7.86. The van der Waals surface area contributed by atoms with Crippen molar-refractivity contribution >= 4 is 28.5 Å². The van der Waals surface area contributed by atoms with E-state index in [9.17, 15) is 0 Å². The fraction of sp³-hybridized carbons (Fsp3) is 0.100. The highest BCUT2D eigenvalue weighted by Crippen LogP contribution is 2.18. The lowest BCUT2D eigenvalue weighted by molar-refractivity contribution is 0.833. The zero-order chi connectivity index (χ0) is 15.9. The Morgan fingerprint density at radius 3 is 1.61 bits per heavy atom. The predicted molar refractivity (Wildman–Crippen MR) is 104 cm³/mol. The topological polar surface area (TPSA) is 26.0 Å². The molecule has 3 aromatic carbocycles. The van der Waals surface area contributed by atoms with E-state index in [-0.39, 0.29) is 6.04 Å². The molecule has 0 aliphatic rings. The van der Waals surface area contributed by atoms with Gasteiger partial charge < -0.3 is 5.73 Å². The van der Waals surface area contributed by atoms with Gasteiger partial charge in [0.25, 0.3) is 5.99 Å². The van der Waals surface area contributed by atoms with E-state index >= 15 is 0 Å². The molecular formula is C20H20BNS. The average Bonchev–Trinajstić information content (AvgIpc) is 2.64. The number of hydrogen-bond donors (Lipinski definition) is 1. The van der Waals surface area contributed by atoms with Gasteiger partial charge in [-0.3, -0.25) is 0 Å². The first kappa shape index (κ1) is 15.9. The number of nitrogens with two attached hydrogens (primary N) is 1. The summed E-state index contributed by atoms with van der Waals surface area (Å²) in [5.41, 5.74) is 10.2. The van der Waals surface area contributed by atoms with Gasteiger partial charge in [-0.2, -0.15) is 11.6 Å². The van der Waals surface area contributed by atoms with Gasteiger partial charge in [-0.05, 0) is 5.56 Å². The predicted octanol–water partition coefficient (Wildman–Crippen LogP) is 3.23. The molecule has 0 aliphatic heterocycles. The Hall–Kier alpha value is -1.97. The van der Waals surface area contributed by atoms with Gasteiger partial charge in [-0.15, -0.1) is 0 Å². The molecule has 23 heavy (non-hydrogen) atoms. The molecule has 0 bridgehead atoms. The smallest absolute Gasteiger partial charge is 0.274 e. The molecule has 1 nitrogen and oxygen atoms in total. The van der Waals surface area contributed by atoms with Gasteiger partial charge in [-0.25, -0.2) is 0 Å². The van der Waals surface area contributed by atoms with E-state index in [0.29, 0.717) is 5.99 Å². The molecule has 0 aromatic heterocycles. The Morgan fingerprint density at radius 2 is 1.13 bits per heavy atom. The third-order valence-corrected chi connectivity index (χ3v) is 5.30. The molecule has 0 saturated heterocycles. The summed E-state index contributed by atoms with van der Waals surface area (Å²) in [6.45, 7) is 0. The van der Waals surface area contributed by atoms with Crippen LogP contribution in [0.2, 0.25) is 0 Å². The fourth-order valence-corrected chi connectivity index (χ4v) is 3.93. The van der Waals surface area contributed by atoms with E-state index in [2.05, 4.69) is 72.8 Å². The van der Waals surface area contributed by atoms with E-state index in [1.165, 1.54) is 16.5 Å². The minimum absolute atomic E-state index is 0.0520. The van der Waals surface area contributed by atoms with Crippen molar-refractivity contribution in [3.63, 3.8) is 0 Å². The molecule has 0 spiro atoms. The van der Waals surface area contributed by atoms with Crippen molar-refractivity contribution in [3.05, 3.63) is 96.6 Å². The van der Waals surface area contributed by atoms with Gasteiger partial charge in [-0.1, -0.05) is 102 Å². The van der Waals surface area contributed by atoms with Crippen molar-refractivity contribution in [2.45, 2.75) is 6.04 Å². The SMILES string of the molecule is NC(CSB(c1ccccc1)c1ccccc1)c1ccccc1. The highest BCUT2D eigenvalue weighted by molar-refractivity contribution is 8.28. The Morgan fingerprint density at radius 1 is 0.696 bits per heavy atom. The third kappa shape index (κ3) is 4.28. The van der Waals surface area contributed by atoms with Crippen molar-refractivity contribution in [2.75, 3.05) is 5.75 Å². The van der Waals surface area contributed by atoms with Crippen LogP contribution in [-0.2, 0) is 0 Å². The molecule has 114 valence electrons. The van der Waals surface area contributed by atoms with E-state index in [4.69, 9.17) is 5.73 Å². The summed E-state index contributed by atoms with van der Waals surface area (Å²) in [6, 6.07) is 31.7. The summed E-state index contributed by atoms with van der Waals surface area (Å²) >= 11 is 1.91. The second-order valence-corrected chi connectivity index (χ2v) is 6.69. The van der Waals surface area contributed by atoms with Crippen LogP contribution in [0, 0.1) is 0 Å². The van der Waals surface area contributed by atoms with Crippen LogP contribution < -0.4 is 16.7 Å². The van der Waals surface area contributed by atoms with E-state index in [0.717, 1.165) is 5.75 Å². The molecule has 3 heteroatoms. The van der Waals surface area contributed by atoms with Crippen LogP contribution in [0.1, 0.15) is 11.6 Å². The quantitative estimate of drug-likeness (QED) is 0.707. The highest BCUT2D eigenvalue weighted by Gasteiger charge is 2.21. The summed E-state index contributed by atoms with van der Waals surface area (Å²) in [5, 5.41) is 0. The highest BCUT2D eigenvalue weighted by atomic mass is 32.2. The fourth-order valence-electron chi connectivity index (χ4n) is 2.64. The number of rotatable bonds is 6. The van der Waals surface area contributed by atoms with Crippen molar-refractivity contribution in [2.24, 2.45) is 5.73 Å². The first-order chi connectivity index (χ1) is 11.3. The van der Waals surface area contributed by atoms with Crippen LogP contribution >= 0.6 is 11.6 Å². The largest absolute Gasteiger partial charge is 0.323 e. The molecule has 0 amide bonds. The molecular weight excluding hydrogens is 297 g/mol. The van der Waals surface area contributed by atoms with E-state index in [1.807, 2.05) is 29.8 Å². The van der Waals surface area contributed by atoms with E-state index in [1.54, 1.807) is 0 Å². The van der Waals surface area contributed by atoms with Gasteiger partial charge in [0.05, 0.1) is 0 Å². The van der Waals surface area contributed by atoms with Gasteiger partial charge >= 0.3 is 0 Å². The molecule has 0 saturated carbocycles. The molecule has 1 unspecified atom stereocenters. The van der Waals surface area contributed by atoms with Crippen LogP contribution in [0.3, 0.4) is 0 Å². The summed E-state index contributed by atoms with van der Waals surface area (Å²) in [4.78, 5) is 0. The number of hydrogen-bond acceptors (Lipinski definition) is 2. The van der Waals surface area contributed by atoms with Crippen LogP contribution in [0.25, 0.3) is 0 Å².